The Morgan fingerprint density at radius 3 is 1.36 bits per heavy atom. The number of fused-ring (bicyclic) bond motifs is 5. The molecule has 0 radical (unpaired) electrons. The molecule has 0 atom stereocenters. The fraction of sp³-hybridized carbons (Fsp3) is 0.167. The van der Waals surface area contributed by atoms with E-state index >= 15 is 0 Å². The van der Waals surface area contributed by atoms with Crippen molar-refractivity contribution in [1.29, 1.82) is 21.0 Å². The van der Waals surface area contributed by atoms with Gasteiger partial charge in [-0.3, -0.25) is 0 Å². The minimum atomic E-state index is -0.238. The maximum absolute atomic E-state index is 9.11. The van der Waals surface area contributed by atoms with Crippen molar-refractivity contribution < 1.29 is 0 Å². The van der Waals surface area contributed by atoms with Gasteiger partial charge in [0.15, 0.2) is 0 Å². The highest BCUT2D eigenvalue weighted by molar-refractivity contribution is 7.25. The van der Waals surface area contributed by atoms with Crippen LogP contribution in [-0.4, -0.2) is 11.4 Å². The largest absolute Gasteiger partial charge is 0.219 e. The normalized spacial score (nSPS) is 15.2. The van der Waals surface area contributed by atoms with Crippen LogP contribution in [0.15, 0.2) is 58.5 Å². The van der Waals surface area contributed by atoms with Crippen molar-refractivity contribution in [3.05, 3.63) is 80.5 Å². The second-order valence-electron chi connectivity index (χ2n) is 12.0. The summed E-state index contributed by atoms with van der Waals surface area (Å²) < 4.78 is 2.50. The quantitative estimate of drug-likeness (QED) is 0.183. The van der Waals surface area contributed by atoms with Gasteiger partial charge in [0, 0.05) is 40.8 Å². The second-order valence-corrected chi connectivity index (χ2v) is 15.2. The molecule has 2 aliphatic rings. The van der Waals surface area contributed by atoms with Gasteiger partial charge in [0.1, 0.15) is 34.3 Å². The van der Waals surface area contributed by atoms with Gasteiger partial charge in [0.25, 0.3) is 0 Å². The molecular weight excluding hydrogens is 613 g/mol. The average Bonchev–Trinajstić information content (AvgIpc) is 3.83. The number of nitriles is 4. The van der Waals surface area contributed by atoms with Crippen molar-refractivity contribution in [2.45, 2.75) is 38.5 Å². The van der Waals surface area contributed by atoms with Gasteiger partial charge in [-0.05, 0) is 94.1 Å². The van der Waals surface area contributed by atoms with Gasteiger partial charge < -0.3 is 0 Å². The second kappa shape index (κ2) is 10.2. The Morgan fingerprint density at radius 1 is 0.578 bits per heavy atom. The lowest BCUT2D eigenvalue weighted by atomic mass is 9.79. The molecule has 45 heavy (non-hydrogen) atoms. The van der Waals surface area contributed by atoms with Gasteiger partial charge in [-0.15, -0.1) is 34.0 Å². The van der Waals surface area contributed by atoms with Crippen molar-refractivity contribution in [2.24, 2.45) is 9.98 Å². The van der Waals surface area contributed by atoms with Crippen LogP contribution in [0.5, 0.6) is 0 Å². The number of allylic oxidation sites excluding steroid dienone is 2. The summed E-state index contributed by atoms with van der Waals surface area (Å²) in [6.07, 6.45) is 4.53. The van der Waals surface area contributed by atoms with E-state index in [0.29, 0.717) is 10.0 Å². The number of nitrogens with zero attached hydrogens (tertiary/aromatic N) is 6. The molecule has 5 aromatic rings. The van der Waals surface area contributed by atoms with Gasteiger partial charge >= 0.3 is 0 Å². The van der Waals surface area contributed by atoms with Crippen LogP contribution >= 0.6 is 34.0 Å². The zero-order valence-corrected chi connectivity index (χ0v) is 27.1. The number of hydrogen-bond acceptors (Lipinski definition) is 9. The van der Waals surface area contributed by atoms with E-state index in [-0.39, 0.29) is 22.3 Å². The zero-order chi connectivity index (χ0) is 31.7. The molecule has 0 aliphatic heterocycles. The Balaban J connectivity index is 1.28. The van der Waals surface area contributed by atoms with Crippen molar-refractivity contribution in [3.8, 4) is 24.3 Å². The van der Waals surface area contributed by atoms with Crippen molar-refractivity contribution in [3.63, 3.8) is 0 Å². The van der Waals surface area contributed by atoms with E-state index in [1.54, 1.807) is 0 Å². The molecule has 3 aromatic heterocycles. The summed E-state index contributed by atoms with van der Waals surface area (Å²) in [4.78, 5) is 10.5. The zero-order valence-electron chi connectivity index (χ0n) is 24.7. The number of thiophene rings is 3. The topological polar surface area (TPSA) is 120 Å². The standard InChI is InChI=1S/C36H22N6S3/c1-35(2)25-13-23-24-14-26-20(10-28(36(26,3)4)30-6-8-34(45-30)42-22(17-39)18-40)12-32(24)43-31(23)11-19(25)9-27(35)29-5-7-33(44-29)41-21(15-37)16-38/h5-14H,1-4H3. The summed E-state index contributed by atoms with van der Waals surface area (Å²) in [5.74, 6) is 0. The van der Waals surface area contributed by atoms with Crippen LogP contribution in [0.25, 0.3) is 43.5 Å². The summed E-state index contributed by atoms with van der Waals surface area (Å²) in [5, 5.41) is 40.2. The van der Waals surface area contributed by atoms with E-state index < -0.39 is 0 Å². The number of aliphatic imine (C=N–C) groups is 2. The van der Waals surface area contributed by atoms with Crippen LogP contribution in [0.4, 0.5) is 10.0 Å². The molecule has 6 nitrogen and oxygen atoms in total. The molecule has 2 aliphatic carbocycles. The van der Waals surface area contributed by atoms with Crippen LogP contribution in [0, 0.1) is 45.3 Å². The van der Waals surface area contributed by atoms with Crippen LogP contribution in [0.3, 0.4) is 0 Å². The average molecular weight is 635 g/mol. The third kappa shape index (κ3) is 4.45. The molecule has 0 amide bonds. The molecule has 0 bridgehead atoms. The Bertz CT molecular complexity index is 2230. The van der Waals surface area contributed by atoms with Crippen molar-refractivity contribution >= 4 is 98.9 Å². The molecular formula is C36H22N6S3. The highest BCUT2D eigenvalue weighted by Crippen LogP contribution is 2.54. The molecule has 0 saturated heterocycles. The van der Waals surface area contributed by atoms with E-state index in [0.717, 1.165) is 9.75 Å². The summed E-state index contributed by atoms with van der Waals surface area (Å²) in [7, 11) is 0. The fourth-order valence-electron chi connectivity index (χ4n) is 6.38. The van der Waals surface area contributed by atoms with Gasteiger partial charge in [-0.2, -0.15) is 21.0 Å². The smallest absolute Gasteiger partial charge is 0.216 e. The first-order valence-electron chi connectivity index (χ1n) is 14.0. The number of rotatable bonds is 4. The lowest BCUT2D eigenvalue weighted by Gasteiger charge is -2.25. The summed E-state index contributed by atoms with van der Waals surface area (Å²) in [5.41, 5.74) is 6.62. The third-order valence-corrected chi connectivity index (χ3v) is 11.8. The van der Waals surface area contributed by atoms with Crippen molar-refractivity contribution in [1.82, 2.24) is 0 Å². The van der Waals surface area contributed by atoms with Gasteiger partial charge in [-0.25, -0.2) is 9.98 Å². The minimum absolute atomic E-state index is 0.144. The summed E-state index contributed by atoms with van der Waals surface area (Å²) >= 11 is 4.79. The van der Waals surface area contributed by atoms with Crippen LogP contribution < -0.4 is 0 Å². The molecule has 7 rings (SSSR count). The van der Waals surface area contributed by atoms with E-state index in [2.05, 4.69) is 74.1 Å². The highest BCUT2D eigenvalue weighted by Gasteiger charge is 2.37. The first kappa shape index (κ1) is 28.6. The molecule has 0 unspecified atom stereocenters. The van der Waals surface area contributed by atoms with E-state index in [1.807, 2.05) is 59.9 Å². The van der Waals surface area contributed by atoms with Gasteiger partial charge in [0.05, 0.1) is 0 Å². The Morgan fingerprint density at radius 2 is 0.978 bits per heavy atom. The Hall–Kier alpha value is -5.16. The molecule has 2 aromatic carbocycles. The van der Waals surface area contributed by atoms with Crippen LogP contribution in [0.1, 0.15) is 59.7 Å². The predicted molar refractivity (Wildman–Crippen MR) is 186 cm³/mol. The monoisotopic (exact) mass is 634 g/mol. The highest BCUT2D eigenvalue weighted by atomic mass is 32.1. The molecule has 0 saturated carbocycles. The molecule has 0 spiro atoms. The summed E-state index contributed by atoms with van der Waals surface area (Å²) in [6, 6.07) is 24.5. The van der Waals surface area contributed by atoms with Crippen LogP contribution in [0.2, 0.25) is 0 Å². The molecule has 9 heteroatoms. The Labute approximate surface area is 272 Å². The van der Waals surface area contributed by atoms with E-state index in [9.17, 15) is 0 Å². The Kier molecular flexibility index (Phi) is 6.48. The molecule has 0 N–H and O–H groups in total. The maximum atomic E-state index is 9.11. The lowest BCUT2D eigenvalue weighted by Crippen LogP contribution is -2.16. The first-order valence-corrected chi connectivity index (χ1v) is 16.5. The SMILES string of the molecule is CC1(C)C(c2ccc(N=C(C#N)C#N)s2)=Cc2cc3sc4cc5c(cc4c3cc21)C(C)(C)C(c1ccc(N=C(C#N)C#N)s1)=C5. The minimum Gasteiger partial charge on any atom is -0.216 e. The third-order valence-electron chi connectivity index (χ3n) is 8.69. The van der Waals surface area contributed by atoms with Crippen LogP contribution in [-0.2, 0) is 10.8 Å². The number of benzene rings is 2. The van der Waals surface area contributed by atoms with E-state index in [1.165, 1.54) is 76.2 Å². The fourth-order valence-corrected chi connectivity index (χ4v) is 9.66. The van der Waals surface area contributed by atoms with Gasteiger partial charge in [-0.1, -0.05) is 27.7 Å². The molecule has 0 fully saturated rings. The molecule has 3 heterocycles. The molecule has 214 valence electrons. The number of hydrogen-bond donors (Lipinski definition) is 0. The predicted octanol–water partition coefficient (Wildman–Crippen LogP) is 10.1. The van der Waals surface area contributed by atoms with E-state index in [4.69, 9.17) is 21.0 Å². The maximum Gasteiger partial charge on any atom is 0.219 e. The lowest BCUT2D eigenvalue weighted by molar-refractivity contribution is 0.706. The first-order chi connectivity index (χ1) is 21.6. The van der Waals surface area contributed by atoms with Gasteiger partial charge in [0.2, 0.25) is 11.4 Å². The van der Waals surface area contributed by atoms with Crippen molar-refractivity contribution in [2.75, 3.05) is 0 Å². The summed E-state index contributed by atoms with van der Waals surface area (Å²) in [6.45, 7) is 8.99.